The minimum atomic E-state index is -0.235. The number of nitrogens with zero attached hydrogens (tertiary/aromatic N) is 1. The molecule has 4 rings (SSSR count). The fraction of sp³-hybridized carbons (Fsp3) is 0.333. The summed E-state index contributed by atoms with van der Waals surface area (Å²) in [5, 5.41) is 3.95. The molecule has 0 aliphatic heterocycles. The fourth-order valence-corrected chi connectivity index (χ4v) is 3.74. The second-order valence-corrected chi connectivity index (χ2v) is 7.59. The molecule has 3 aromatic rings. The van der Waals surface area contributed by atoms with Crippen LogP contribution in [0.2, 0.25) is 0 Å². The lowest BCUT2D eigenvalue weighted by Crippen LogP contribution is -2.27. The Morgan fingerprint density at radius 3 is 2.27 bits per heavy atom. The van der Waals surface area contributed by atoms with Crippen LogP contribution in [0.5, 0.6) is 11.5 Å². The third kappa shape index (κ3) is 3.77. The van der Waals surface area contributed by atoms with Gasteiger partial charge >= 0.3 is 0 Å². The maximum atomic E-state index is 13.1. The van der Waals surface area contributed by atoms with E-state index >= 15 is 0 Å². The van der Waals surface area contributed by atoms with Gasteiger partial charge in [0.25, 0.3) is 11.5 Å². The van der Waals surface area contributed by atoms with Crippen molar-refractivity contribution in [3.05, 3.63) is 69.6 Å². The van der Waals surface area contributed by atoms with Crippen LogP contribution in [0, 0.1) is 0 Å². The zero-order valence-electron chi connectivity index (χ0n) is 17.5. The first-order chi connectivity index (χ1) is 14.5. The van der Waals surface area contributed by atoms with Gasteiger partial charge in [0.15, 0.2) is 11.5 Å². The Labute approximate surface area is 175 Å². The molecule has 1 aromatic heterocycles. The lowest BCUT2D eigenvalue weighted by atomic mass is 10.0. The van der Waals surface area contributed by atoms with Crippen molar-refractivity contribution in [2.24, 2.45) is 0 Å². The predicted octanol–water partition coefficient (Wildman–Crippen LogP) is 3.85. The predicted molar refractivity (Wildman–Crippen MR) is 117 cm³/mol. The Balaban J connectivity index is 1.66. The maximum Gasteiger partial charge on any atom is 0.258 e. The van der Waals surface area contributed by atoms with Gasteiger partial charge in [-0.05, 0) is 48.9 Å². The van der Waals surface area contributed by atoms with Gasteiger partial charge in [-0.25, -0.2) is 0 Å². The molecule has 1 fully saturated rings. The summed E-state index contributed by atoms with van der Waals surface area (Å²) in [6.07, 6.45) is 4.15. The molecule has 2 aromatic carbocycles. The molecule has 1 heterocycles. The Bertz CT molecular complexity index is 1140. The van der Waals surface area contributed by atoms with E-state index in [1.54, 1.807) is 18.3 Å². The largest absolute Gasteiger partial charge is 0.493 e. The van der Waals surface area contributed by atoms with Crippen molar-refractivity contribution >= 4 is 16.7 Å². The van der Waals surface area contributed by atoms with Gasteiger partial charge in [0, 0.05) is 24.7 Å². The number of hydrogen-bond donors (Lipinski definition) is 1. The average Bonchev–Trinajstić information content (AvgIpc) is 3.63. The molecule has 0 spiro atoms. The van der Waals surface area contributed by atoms with E-state index < -0.39 is 0 Å². The standard InChI is InChI=1S/C24H26N2O4/c1-4-26-14-20(18-11-21(29-2)22(30-3)12-19(18)24(26)28)23(27)25-13-15-5-7-16(8-6-15)17-9-10-17/h5-8,11-12,14,17H,4,9-10,13H2,1-3H3,(H,25,27). The molecular weight excluding hydrogens is 380 g/mol. The number of ether oxygens (including phenoxy) is 2. The van der Waals surface area contributed by atoms with Crippen LogP contribution in [-0.4, -0.2) is 24.7 Å². The van der Waals surface area contributed by atoms with E-state index in [0.29, 0.717) is 46.8 Å². The number of aromatic nitrogens is 1. The van der Waals surface area contributed by atoms with Crippen LogP contribution in [0.1, 0.15) is 47.2 Å². The molecule has 1 aliphatic rings. The normalized spacial score (nSPS) is 13.3. The molecule has 6 heteroatoms. The minimum Gasteiger partial charge on any atom is -0.493 e. The molecule has 156 valence electrons. The van der Waals surface area contributed by atoms with Gasteiger partial charge in [-0.15, -0.1) is 0 Å². The molecule has 0 saturated heterocycles. The quantitative estimate of drug-likeness (QED) is 0.647. The van der Waals surface area contributed by atoms with E-state index in [9.17, 15) is 9.59 Å². The second kappa shape index (κ2) is 8.22. The van der Waals surface area contributed by atoms with Gasteiger partial charge in [0.2, 0.25) is 0 Å². The van der Waals surface area contributed by atoms with Crippen molar-refractivity contribution in [2.45, 2.75) is 38.8 Å². The number of methoxy groups -OCH3 is 2. The highest BCUT2D eigenvalue weighted by Gasteiger charge is 2.23. The number of fused-ring (bicyclic) bond motifs is 1. The summed E-state index contributed by atoms with van der Waals surface area (Å²) in [6.45, 7) is 2.76. The van der Waals surface area contributed by atoms with Crippen LogP contribution < -0.4 is 20.3 Å². The van der Waals surface area contributed by atoms with Gasteiger partial charge in [-0.1, -0.05) is 24.3 Å². The molecule has 1 amide bonds. The van der Waals surface area contributed by atoms with Crippen molar-refractivity contribution in [3.63, 3.8) is 0 Å². The van der Waals surface area contributed by atoms with E-state index in [2.05, 4.69) is 29.6 Å². The summed E-state index contributed by atoms with van der Waals surface area (Å²) in [7, 11) is 3.05. The van der Waals surface area contributed by atoms with Crippen LogP contribution in [0.3, 0.4) is 0 Å². The fourth-order valence-electron chi connectivity index (χ4n) is 3.74. The number of aryl methyl sites for hydroxylation is 1. The summed E-state index contributed by atoms with van der Waals surface area (Å²) in [5.74, 6) is 1.41. The first-order valence-corrected chi connectivity index (χ1v) is 10.2. The van der Waals surface area contributed by atoms with Crippen LogP contribution in [0.15, 0.2) is 47.4 Å². The molecule has 0 atom stereocenters. The molecule has 1 saturated carbocycles. The molecule has 1 aliphatic carbocycles. The number of hydrogen-bond acceptors (Lipinski definition) is 4. The lowest BCUT2D eigenvalue weighted by molar-refractivity contribution is 0.0952. The zero-order chi connectivity index (χ0) is 21.3. The number of amides is 1. The minimum absolute atomic E-state index is 0.166. The number of benzene rings is 2. The smallest absolute Gasteiger partial charge is 0.258 e. The summed E-state index contributed by atoms with van der Waals surface area (Å²) >= 11 is 0. The number of nitrogens with one attached hydrogen (secondary N) is 1. The number of rotatable bonds is 7. The monoisotopic (exact) mass is 406 g/mol. The van der Waals surface area contributed by atoms with Gasteiger partial charge in [0.05, 0.1) is 25.2 Å². The van der Waals surface area contributed by atoms with Crippen molar-refractivity contribution in [1.82, 2.24) is 9.88 Å². The third-order valence-electron chi connectivity index (χ3n) is 5.66. The lowest BCUT2D eigenvalue weighted by Gasteiger charge is -2.14. The van der Waals surface area contributed by atoms with Crippen LogP contribution in [0.25, 0.3) is 10.8 Å². The summed E-state index contributed by atoms with van der Waals surface area (Å²) < 4.78 is 12.2. The van der Waals surface area contributed by atoms with Gasteiger partial charge in [0.1, 0.15) is 0 Å². The van der Waals surface area contributed by atoms with E-state index in [0.717, 1.165) is 5.56 Å². The van der Waals surface area contributed by atoms with Crippen molar-refractivity contribution in [1.29, 1.82) is 0 Å². The average molecular weight is 406 g/mol. The van der Waals surface area contributed by atoms with Crippen LogP contribution >= 0.6 is 0 Å². The second-order valence-electron chi connectivity index (χ2n) is 7.59. The Morgan fingerprint density at radius 2 is 1.70 bits per heavy atom. The van der Waals surface area contributed by atoms with Crippen LogP contribution in [-0.2, 0) is 13.1 Å². The molecule has 30 heavy (non-hydrogen) atoms. The third-order valence-corrected chi connectivity index (χ3v) is 5.66. The number of carbonyl (C=O) groups is 1. The molecule has 6 nitrogen and oxygen atoms in total. The summed E-state index contributed by atoms with van der Waals surface area (Å²) in [4.78, 5) is 25.9. The number of pyridine rings is 1. The first-order valence-electron chi connectivity index (χ1n) is 10.2. The van der Waals surface area contributed by atoms with E-state index in [1.807, 2.05) is 6.92 Å². The Hall–Kier alpha value is -3.28. The van der Waals surface area contributed by atoms with E-state index in [-0.39, 0.29) is 11.5 Å². The van der Waals surface area contributed by atoms with Crippen molar-refractivity contribution < 1.29 is 14.3 Å². The SMILES string of the molecule is CCn1cc(C(=O)NCc2ccc(C3CC3)cc2)c2cc(OC)c(OC)cc2c1=O. The molecule has 0 bridgehead atoms. The summed E-state index contributed by atoms with van der Waals surface area (Å²) in [5.41, 5.74) is 2.68. The summed E-state index contributed by atoms with van der Waals surface area (Å²) in [6, 6.07) is 11.7. The molecule has 0 radical (unpaired) electrons. The number of carbonyl (C=O) groups excluding carboxylic acids is 1. The Kier molecular flexibility index (Phi) is 5.48. The highest BCUT2D eigenvalue weighted by molar-refractivity contribution is 6.07. The van der Waals surface area contributed by atoms with Gasteiger partial charge in [-0.2, -0.15) is 0 Å². The highest BCUT2D eigenvalue weighted by Crippen LogP contribution is 2.39. The van der Waals surface area contributed by atoms with E-state index in [1.165, 1.54) is 37.2 Å². The van der Waals surface area contributed by atoms with Crippen molar-refractivity contribution in [2.75, 3.05) is 14.2 Å². The topological polar surface area (TPSA) is 69.6 Å². The maximum absolute atomic E-state index is 13.1. The molecular formula is C24H26N2O4. The Morgan fingerprint density at radius 1 is 1.07 bits per heavy atom. The van der Waals surface area contributed by atoms with Crippen LogP contribution in [0.4, 0.5) is 0 Å². The zero-order valence-corrected chi connectivity index (χ0v) is 17.5. The first kappa shape index (κ1) is 20.0. The van der Waals surface area contributed by atoms with Gasteiger partial charge < -0.3 is 19.4 Å². The van der Waals surface area contributed by atoms with Gasteiger partial charge in [-0.3, -0.25) is 9.59 Å². The van der Waals surface area contributed by atoms with Crippen molar-refractivity contribution in [3.8, 4) is 11.5 Å². The van der Waals surface area contributed by atoms with E-state index in [4.69, 9.17) is 9.47 Å². The highest BCUT2D eigenvalue weighted by atomic mass is 16.5. The molecule has 0 unspecified atom stereocenters. The molecule has 1 N–H and O–H groups in total.